The number of benzene rings is 3. The minimum Gasteiger partial charge on any atom is -0.481 e. The molecule has 0 spiro atoms. The van der Waals surface area contributed by atoms with Gasteiger partial charge in [-0.2, -0.15) is 13.2 Å². The summed E-state index contributed by atoms with van der Waals surface area (Å²) in [5.74, 6) is 0.147. The molecule has 1 amide bonds. The van der Waals surface area contributed by atoms with Gasteiger partial charge < -0.3 is 10.1 Å². The molecule has 0 fully saturated rings. The van der Waals surface area contributed by atoms with Gasteiger partial charge in [-0.3, -0.25) is 4.79 Å². The van der Waals surface area contributed by atoms with Crippen LogP contribution in [0.4, 0.5) is 18.9 Å². The molecule has 3 nitrogen and oxygen atoms in total. The molecule has 3 aromatic carbocycles. The molecule has 3 rings (SSSR count). The van der Waals surface area contributed by atoms with E-state index >= 15 is 0 Å². The number of fused-ring (bicyclic) bond motifs is 1. The molecule has 0 saturated carbocycles. The monoisotopic (exact) mass is 373 g/mol. The Balaban J connectivity index is 1.69. The number of carbonyl (C=O) groups excluding carboxylic acids is 1. The van der Waals surface area contributed by atoms with Crippen molar-refractivity contribution in [3.05, 3.63) is 72.3 Å². The fourth-order valence-electron chi connectivity index (χ4n) is 2.69. The van der Waals surface area contributed by atoms with Crippen LogP contribution in [0.1, 0.15) is 18.9 Å². The van der Waals surface area contributed by atoms with Gasteiger partial charge in [0.2, 0.25) is 0 Å². The Labute approximate surface area is 154 Å². The second-order valence-corrected chi connectivity index (χ2v) is 6.09. The van der Waals surface area contributed by atoms with Crippen LogP contribution in [0.5, 0.6) is 5.75 Å². The summed E-state index contributed by atoms with van der Waals surface area (Å²) in [6, 6.07) is 17.6. The number of rotatable bonds is 5. The van der Waals surface area contributed by atoms with Gasteiger partial charge in [-0.15, -0.1) is 0 Å². The van der Waals surface area contributed by atoms with Gasteiger partial charge in [-0.25, -0.2) is 0 Å². The van der Waals surface area contributed by atoms with Crippen molar-refractivity contribution < 1.29 is 22.7 Å². The SMILES string of the molecule is CCC(Oc1ccc2ccccc2c1)C(=O)Nc1ccc(C(F)(F)F)cc1. The second-order valence-electron chi connectivity index (χ2n) is 6.09. The van der Waals surface area contributed by atoms with Crippen molar-refractivity contribution in [1.29, 1.82) is 0 Å². The van der Waals surface area contributed by atoms with E-state index in [4.69, 9.17) is 4.74 Å². The standard InChI is InChI=1S/C21H18F3NO2/c1-2-19(27-18-12-7-14-5-3-4-6-15(14)13-18)20(26)25-17-10-8-16(9-11-17)21(22,23)24/h3-13,19H,2H2,1H3,(H,25,26). The lowest BCUT2D eigenvalue weighted by Gasteiger charge is -2.18. The molecule has 0 radical (unpaired) electrons. The molecule has 1 N–H and O–H groups in total. The van der Waals surface area contributed by atoms with Crippen molar-refractivity contribution in [3.8, 4) is 5.75 Å². The van der Waals surface area contributed by atoms with E-state index in [1.54, 1.807) is 13.0 Å². The first-order chi connectivity index (χ1) is 12.9. The Kier molecular flexibility index (Phi) is 5.35. The lowest BCUT2D eigenvalue weighted by molar-refractivity contribution is -0.137. The van der Waals surface area contributed by atoms with Gasteiger partial charge in [0.1, 0.15) is 5.75 Å². The molecule has 0 aliphatic heterocycles. The number of hydrogen-bond acceptors (Lipinski definition) is 2. The van der Waals surface area contributed by atoms with Crippen LogP contribution in [-0.2, 0) is 11.0 Å². The Bertz CT molecular complexity index is 936. The lowest BCUT2D eigenvalue weighted by atomic mass is 10.1. The quantitative estimate of drug-likeness (QED) is 0.627. The highest BCUT2D eigenvalue weighted by atomic mass is 19.4. The first-order valence-corrected chi connectivity index (χ1v) is 8.50. The zero-order chi connectivity index (χ0) is 19.4. The third-order valence-corrected chi connectivity index (χ3v) is 4.14. The third kappa shape index (κ3) is 4.58. The van der Waals surface area contributed by atoms with Gasteiger partial charge in [0.05, 0.1) is 5.56 Å². The van der Waals surface area contributed by atoms with Gasteiger partial charge in [0.15, 0.2) is 6.10 Å². The van der Waals surface area contributed by atoms with Crippen LogP contribution in [0, 0.1) is 0 Å². The van der Waals surface area contributed by atoms with E-state index in [-0.39, 0.29) is 5.69 Å². The highest BCUT2D eigenvalue weighted by Gasteiger charge is 2.30. The Hall–Kier alpha value is -3.02. The van der Waals surface area contributed by atoms with E-state index < -0.39 is 23.8 Å². The lowest BCUT2D eigenvalue weighted by Crippen LogP contribution is -2.32. The molecule has 0 heterocycles. The van der Waals surface area contributed by atoms with E-state index in [1.165, 1.54) is 12.1 Å². The fraction of sp³-hybridized carbons (Fsp3) is 0.190. The summed E-state index contributed by atoms with van der Waals surface area (Å²) in [4.78, 5) is 12.4. The molecule has 3 aromatic rings. The van der Waals surface area contributed by atoms with Crippen molar-refractivity contribution in [2.45, 2.75) is 25.6 Å². The Morgan fingerprint density at radius 1 is 1.00 bits per heavy atom. The predicted molar refractivity (Wildman–Crippen MR) is 98.7 cm³/mol. The zero-order valence-corrected chi connectivity index (χ0v) is 14.6. The van der Waals surface area contributed by atoms with Crippen LogP contribution in [-0.4, -0.2) is 12.0 Å². The van der Waals surface area contributed by atoms with Crippen LogP contribution in [0.3, 0.4) is 0 Å². The van der Waals surface area contributed by atoms with E-state index in [0.29, 0.717) is 12.2 Å². The number of amides is 1. The van der Waals surface area contributed by atoms with Crippen LogP contribution in [0.2, 0.25) is 0 Å². The first-order valence-electron chi connectivity index (χ1n) is 8.50. The molecule has 0 bridgehead atoms. The van der Waals surface area contributed by atoms with Crippen molar-refractivity contribution in [2.75, 3.05) is 5.32 Å². The van der Waals surface area contributed by atoms with Crippen molar-refractivity contribution in [3.63, 3.8) is 0 Å². The minimum absolute atomic E-state index is 0.286. The van der Waals surface area contributed by atoms with Crippen molar-refractivity contribution in [1.82, 2.24) is 0 Å². The average molecular weight is 373 g/mol. The maximum atomic E-state index is 12.6. The summed E-state index contributed by atoms with van der Waals surface area (Å²) >= 11 is 0. The smallest absolute Gasteiger partial charge is 0.416 e. The van der Waals surface area contributed by atoms with E-state index in [2.05, 4.69) is 5.32 Å². The first kappa shape index (κ1) is 18.8. The van der Waals surface area contributed by atoms with Crippen LogP contribution >= 0.6 is 0 Å². The Morgan fingerprint density at radius 3 is 2.30 bits per heavy atom. The molecule has 0 aliphatic rings. The summed E-state index contributed by atoms with van der Waals surface area (Å²) in [5.41, 5.74) is -0.478. The molecule has 1 unspecified atom stereocenters. The number of hydrogen-bond donors (Lipinski definition) is 1. The molecular formula is C21H18F3NO2. The van der Waals surface area contributed by atoms with E-state index in [0.717, 1.165) is 22.9 Å². The third-order valence-electron chi connectivity index (χ3n) is 4.14. The zero-order valence-electron chi connectivity index (χ0n) is 14.6. The van der Waals surface area contributed by atoms with Crippen molar-refractivity contribution in [2.24, 2.45) is 0 Å². The van der Waals surface area contributed by atoms with E-state index in [9.17, 15) is 18.0 Å². The molecule has 1 atom stereocenters. The summed E-state index contributed by atoms with van der Waals surface area (Å²) in [6.07, 6.45) is -4.75. The molecule has 27 heavy (non-hydrogen) atoms. The number of carbonyl (C=O) groups is 1. The summed E-state index contributed by atoms with van der Waals surface area (Å²) in [6.45, 7) is 1.80. The highest BCUT2D eigenvalue weighted by Crippen LogP contribution is 2.30. The topological polar surface area (TPSA) is 38.3 Å². The molecule has 140 valence electrons. The van der Waals surface area contributed by atoms with Gasteiger partial charge in [-0.1, -0.05) is 37.3 Å². The van der Waals surface area contributed by atoms with Gasteiger partial charge >= 0.3 is 6.18 Å². The summed E-state index contributed by atoms with van der Waals surface area (Å²) in [7, 11) is 0. The number of anilines is 1. The Morgan fingerprint density at radius 2 is 1.67 bits per heavy atom. The largest absolute Gasteiger partial charge is 0.481 e. The minimum atomic E-state index is -4.41. The molecule has 6 heteroatoms. The predicted octanol–water partition coefficient (Wildman–Crippen LogP) is 5.65. The molecule has 0 saturated heterocycles. The number of alkyl halides is 3. The molecule has 0 aromatic heterocycles. The summed E-state index contributed by atoms with van der Waals surface area (Å²) < 4.78 is 43.6. The number of halogens is 3. The normalized spacial score (nSPS) is 12.6. The maximum absolute atomic E-state index is 12.6. The second kappa shape index (κ2) is 7.70. The fourth-order valence-corrected chi connectivity index (χ4v) is 2.69. The van der Waals surface area contributed by atoms with Crippen LogP contribution in [0.25, 0.3) is 10.8 Å². The summed E-state index contributed by atoms with van der Waals surface area (Å²) in [5, 5.41) is 4.65. The maximum Gasteiger partial charge on any atom is 0.416 e. The molecule has 0 aliphatic carbocycles. The van der Waals surface area contributed by atoms with Gasteiger partial charge in [0, 0.05) is 5.69 Å². The van der Waals surface area contributed by atoms with E-state index in [1.807, 2.05) is 36.4 Å². The van der Waals surface area contributed by atoms with Crippen molar-refractivity contribution >= 4 is 22.4 Å². The highest BCUT2D eigenvalue weighted by molar-refractivity contribution is 5.94. The molecular weight excluding hydrogens is 355 g/mol. The number of nitrogens with one attached hydrogen (secondary N) is 1. The average Bonchev–Trinajstić information content (AvgIpc) is 2.65. The van der Waals surface area contributed by atoms with Gasteiger partial charge in [0.25, 0.3) is 5.91 Å². The van der Waals surface area contributed by atoms with Crippen LogP contribution in [0.15, 0.2) is 66.7 Å². The van der Waals surface area contributed by atoms with Gasteiger partial charge in [-0.05, 0) is 53.6 Å². The van der Waals surface area contributed by atoms with Crippen LogP contribution < -0.4 is 10.1 Å². The number of ether oxygens (including phenoxy) is 1.